The van der Waals surface area contributed by atoms with Crippen molar-refractivity contribution in [2.45, 2.75) is 32.2 Å². The quantitative estimate of drug-likeness (QED) is 0.837. The van der Waals surface area contributed by atoms with Gasteiger partial charge in [0.25, 0.3) is 0 Å². The highest BCUT2D eigenvalue weighted by Gasteiger charge is 2.37. The molecule has 2 amide bonds. The molecule has 1 heterocycles. The lowest BCUT2D eigenvalue weighted by Crippen LogP contribution is -2.31. The predicted molar refractivity (Wildman–Crippen MR) is 84.9 cm³/mol. The second-order valence-electron chi connectivity index (χ2n) is 6.65. The molecule has 1 atom stereocenters. The fraction of sp³-hybridized carbons (Fsp3) is 0.556. The van der Waals surface area contributed by atoms with E-state index in [-0.39, 0.29) is 11.8 Å². The van der Waals surface area contributed by atoms with E-state index in [2.05, 4.69) is 0 Å². The van der Waals surface area contributed by atoms with Gasteiger partial charge in [0.15, 0.2) is 0 Å². The number of nitrogens with zero attached hydrogens (tertiary/aromatic N) is 2. The van der Waals surface area contributed by atoms with Crippen LogP contribution in [-0.4, -0.2) is 41.8 Å². The molecule has 2 aliphatic rings. The van der Waals surface area contributed by atoms with E-state index in [1.165, 1.54) is 0 Å². The molecule has 1 aliphatic carbocycles. The zero-order valence-corrected chi connectivity index (χ0v) is 13.2. The van der Waals surface area contributed by atoms with Crippen molar-refractivity contribution in [2.24, 2.45) is 11.8 Å². The maximum atomic E-state index is 12.3. The van der Waals surface area contributed by atoms with Gasteiger partial charge >= 0.3 is 0 Å². The first-order chi connectivity index (χ1) is 10.6. The lowest BCUT2D eigenvalue weighted by molar-refractivity contribution is -0.133. The second-order valence-corrected chi connectivity index (χ2v) is 6.65. The Morgan fingerprint density at radius 2 is 1.91 bits per heavy atom. The Kier molecular flexibility index (Phi) is 4.46. The summed E-state index contributed by atoms with van der Waals surface area (Å²) in [4.78, 5) is 28.2. The lowest BCUT2D eigenvalue weighted by Gasteiger charge is -2.20. The van der Waals surface area contributed by atoms with Crippen LogP contribution in [0.25, 0.3) is 0 Å². The van der Waals surface area contributed by atoms with E-state index < -0.39 is 0 Å². The van der Waals surface area contributed by atoms with Crippen molar-refractivity contribution in [3.63, 3.8) is 0 Å². The van der Waals surface area contributed by atoms with Crippen molar-refractivity contribution in [1.29, 1.82) is 0 Å². The molecule has 118 valence electrons. The smallest absolute Gasteiger partial charge is 0.225 e. The Morgan fingerprint density at radius 1 is 1.18 bits per heavy atom. The van der Waals surface area contributed by atoms with Crippen LogP contribution < -0.4 is 0 Å². The number of carbonyl (C=O) groups is 2. The first-order valence-electron chi connectivity index (χ1n) is 8.20. The molecule has 1 unspecified atom stereocenters. The SMILES string of the molecule is CN(Cc1ccccc1)C(=O)CC1CCN(C(=O)C2CC2)C1. The van der Waals surface area contributed by atoms with Gasteiger partial charge in [0.2, 0.25) is 11.8 Å². The maximum Gasteiger partial charge on any atom is 0.225 e. The molecule has 2 fully saturated rings. The number of benzene rings is 1. The van der Waals surface area contributed by atoms with Gasteiger partial charge in [-0.15, -0.1) is 0 Å². The highest BCUT2D eigenvalue weighted by molar-refractivity contribution is 5.81. The van der Waals surface area contributed by atoms with Crippen LogP contribution in [0, 0.1) is 11.8 Å². The van der Waals surface area contributed by atoms with Crippen molar-refractivity contribution in [2.75, 3.05) is 20.1 Å². The summed E-state index contributed by atoms with van der Waals surface area (Å²) in [5.74, 6) is 1.10. The van der Waals surface area contributed by atoms with Crippen LogP contribution in [0.2, 0.25) is 0 Å². The number of likely N-dealkylation sites (tertiary alicyclic amines) is 1. The van der Waals surface area contributed by atoms with Crippen LogP contribution in [0.5, 0.6) is 0 Å². The molecule has 1 aromatic carbocycles. The Bertz CT molecular complexity index is 539. The minimum absolute atomic E-state index is 0.176. The molecule has 1 aliphatic heterocycles. The molecule has 0 N–H and O–H groups in total. The molecule has 0 radical (unpaired) electrons. The molecule has 0 spiro atoms. The second kappa shape index (κ2) is 6.51. The van der Waals surface area contributed by atoms with Crippen LogP contribution in [0.1, 0.15) is 31.2 Å². The van der Waals surface area contributed by atoms with E-state index in [4.69, 9.17) is 0 Å². The van der Waals surface area contributed by atoms with E-state index in [1.807, 2.05) is 42.3 Å². The third kappa shape index (κ3) is 3.67. The summed E-state index contributed by atoms with van der Waals surface area (Å²) in [7, 11) is 1.86. The molecule has 1 aromatic rings. The van der Waals surface area contributed by atoms with Gasteiger partial charge in [0.05, 0.1) is 0 Å². The van der Waals surface area contributed by atoms with Crippen molar-refractivity contribution < 1.29 is 9.59 Å². The van der Waals surface area contributed by atoms with Crippen molar-refractivity contribution in [3.05, 3.63) is 35.9 Å². The Balaban J connectivity index is 1.46. The summed E-state index contributed by atoms with van der Waals surface area (Å²) in [6.45, 7) is 2.24. The molecule has 4 nitrogen and oxygen atoms in total. The first-order valence-corrected chi connectivity index (χ1v) is 8.20. The molecular weight excluding hydrogens is 276 g/mol. The standard InChI is InChI=1S/C18H24N2O2/c1-19(12-14-5-3-2-4-6-14)17(21)11-15-9-10-20(13-15)18(22)16-7-8-16/h2-6,15-16H,7-13H2,1H3. The summed E-state index contributed by atoms with van der Waals surface area (Å²) >= 11 is 0. The summed E-state index contributed by atoms with van der Waals surface area (Å²) in [5, 5.41) is 0. The fourth-order valence-corrected chi connectivity index (χ4v) is 3.14. The third-order valence-electron chi connectivity index (χ3n) is 4.68. The Labute approximate surface area is 132 Å². The van der Waals surface area contributed by atoms with E-state index >= 15 is 0 Å². The molecule has 4 heteroatoms. The maximum absolute atomic E-state index is 12.3. The summed E-state index contributed by atoms with van der Waals surface area (Å²) in [6.07, 6.45) is 3.62. The normalized spacial score (nSPS) is 21.0. The highest BCUT2D eigenvalue weighted by Crippen LogP contribution is 2.33. The van der Waals surface area contributed by atoms with Gasteiger partial charge in [0, 0.05) is 39.0 Å². The van der Waals surface area contributed by atoms with Crippen LogP contribution in [0.15, 0.2) is 30.3 Å². The predicted octanol–water partition coefficient (Wildman–Crippen LogP) is 2.29. The van der Waals surface area contributed by atoms with Gasteiger partial charge < -0.3 is 9.80 Å². The number of carbonyl (C=O) groups excluding carboxylic acids is 2. The van der Waals surface area contributed by atoms with Crippen LogP contribution >= 0.6 is 0 Å². The van der Waals surface area contributed by atoms with Crippen molar-refractivity contribution in [3.8, 4) is 0 Å². The number of hydrogen-bond donors (Lipinski definition) is 0. The van der Waals surface area contributed by atoms with Crippen LogP contribution in [-0.2, 0) is 16.1 Å². The summed E-state index contributed by atoms with van der Waals surface area (Å²) in [5.41, 5.74) is 1.15. The minimum atomic E-state index is 0.176. The monoisotopic (exact) mass is 300 g/mol. The van der Waals surface area contributed by atoms with Gasteiger partial charge in [-0.25, -0.2) is 0 Å². The van der Waals surface area contributed by atoms with Gasteiger partial charge in [0.1, 0.15) is 0 Å². The zero-order valence-electron chi connectivity index (χ0n) is 13.2. The van der Waals surface area contributed by atoms with Gasteiger partial charge in [-0.3, -0.25) is 9.59 Å². The molecular formula is C18H24N2O2. The Morgan fingerprint density at radius 3 is 2.59 bits per heavy atom. The lowest BCUT2D eigenvalue weighted by atomic mass is 10.0. The Hall–Kier alpha value is -1.84. The summed E-state index contributed by atoms with van der Waals surface area (Å²) in [6, 6.07) is 10.0. The molecule has 3 rings (SSSR count). The molecule has 0 aromatic heterocycles. The highest BCUT2D eigenvalue weighted by atomic mass is 16.2. The topological polar surface area (TPSA) is 40.6 Å². The largest absolute Gasteiger partial charge is 0.342 e. The third-order valence-corrected chi connectivity index (χ3v) is 4.68. The fourth-order valence-electron chi connectivity index (χ4n) is 3.14. The zero-order chi connectivity index (χ0) is 15.5. The number of rotatable bonds is 5. The molecule has 22 heavy (non-hydrogen) atoms. The molecule has 1 saturated carbocycles. The molecule has 1 saturated heterocycles. The average Bonchev–Trinajstić information content (AvgIpc) is 3.27. The van der Waals surface area contributed by atoms with Crippen LogP contribution in [0.4, 0.5) is 0 Å². The first kappa shape index (κ1) is 15.1. The van der Waals surface area contributed by atoms with E-state index in [0.717, 1.165) is 37.9 Å². The molecule has 0 bridgehead atoms. The average molecular weight is 300 g/mol. The van der Waals surface area contributed by atoms with E-state index in [0.29, 0.717) is 24.8 Å². The van der Waals surface area contributed by atoms with Crippen molar-refractivity contribution >= 4 is 11.8 Å². The van der Waals surface area contributed by atoms with Gasteiger partial charge in [-0.05, 0) is 30.7 Å². The summed E-state index contributed by atoms with van der Waals surface area (Å²) < 4.78 is 0. The van der Waals surface area contributed by atoms with Gasteiger partial charge in [-0.2, -0.15) is 0 Å². The minimum Gasteiger partial charge on any atom is -0.342 e. The van der Waals surface area contributed by atoms with Crippen LogP contribution in [0.3, 0.4) is 0 Å². The van der Waals surface area contributed by atoms with Crippen molar-refractivity contribution in [1.82, 2.24) is 9.80 Å². The number of amides is 2. The van der Waals surface area contributed by atoms with E-state index in [9.17, 15) is 9.59 Å². The van der Waals surface area contributed by atoms with E-state index in [1.54, 1.807) is 4.90 Å². The number of hydrogen-bond acceptors (Lipinski definition) is 2. The van der Waals surface area contributed by atoms with Gasteiger partial charge in [-0.1, -0.05) is 30.3 Å².